The summed E-state index contributed by atoms with van der Waals surface area (Å²) in [6.45, 7) is 0. The first-order valence-electron chi connectivity index (χ1n) is 17.2. The average Bonchev–Trinajstić information content (AvgIpc) is 3.93. The molecule has 8 aromatic rings. The molecule has 14 heteroatoms. The maximum absolute atomic E-state index is 14.2. The predicted octanol–water partition coefficient (Wildman–Crippen LogP) is 11.1. The van der Waals surface area contributed by atoms with E-state index in [1.165, 1.54) is 24.3 Å². The Bertz CT molecular complexity index is 3090. The third-order valence-electron chi connectivity index (χ3n) is 9.70. The monoisotopic (exact) mass is 752 g/mol. The zero-order valence-electron chi connectivity index (χ0n) is 28.5. The first kappa shape index (κ1) is 33.4. The molecule has 10 rings (SSSR count). The van der Waals surface area contributed by atoms with E-state index in [9.17, 15) is 26.3 Å². The lowest BCUT2D eigenvalue weighted by atomic mass is 9.95. The van der Waals surface area contributed by atoms with Crippen LogP contribution in [0.5, 0.6) is 0 Å². The van der Waals surface area contributed by atoms with Crippen LogP contribution in [0.2, 0.25) is 0 Å². The van der Waals surface area contributed by atoms with Gasteiger partial charge in [0, 0.05) is 44.2 Å². The highest BCUT2D eigenvalue weighted by molar-refractivity contribution is 6.06. The van der Waals surface area contributed by atoms with Crippen LogP contribution in [0.25, 0.3) is 101 Å². The third-order valence-corrected chi connectivity index (χ3v) is 9.70. The number of hydrogen-bond acceptors (Lipinski definition) is 6. The minimum absolute atomic E-state index is 0.0114. The lowest BCUT2D eigenvalue weighted by molar-refractivity contribution is -0.138. The van der Waals surface area contributed by atoms with E-state index >= 15 is 0 Å². The number of aromatic nitrogens is 8. The van der Waals surface area contributed by atoms with Crippen LogP contribution in [-0.4, -0.2) is 39.9 Å². The second-order valence-electron chi connectivity index (χ2n) is 13.2. The molecule has 2 aliphatic heterocycles. The summed E-state index contributed by atoms with van der Waals surface area (Å²) >= 11 is 0. The molecular formula is C42H22F6N8. The van der Waals surface area contributed by atoms with Crippen LogP contribution < -0.4 is 0 Å². The molecule has 0 amide bonds. The van der Waals surface area contributed by atoms with E-state index < -0.39 is 23.5 Å². The highest BCUT2D eigenvalue weighted by Crippen LogP contribution is 2.43. The summed E-state index contributed by atoms with van der Waals surface area (Å²) in [7, 11) is 0. The highest BCUT2D eigenvalue weighted by atomic mass is 19.4. The Labute approximate surface area is 311 Å². The Morgan fingerprint density at radius 3 is 1.16 bits per heavy atom. The molecule has 0 fully saturated rings. The molecule has 5 heterocycles. The van der Waals surface area contributed by atoms with Gasteiger partial charge in [-0.15, -0.1) is 0 Å². The van der Waals surface area contributed by atoms with Crippen LogP contribution in [0.15, 0.2) is 121 Å². The molecule has 2 N–H and O–H groups in total. The fourth-order valence-corrected chi connectivity index (χ4v) is 7.18. The van der Waals surface area contributed by atoms with Gasteiger partial charge in [-0.05, 0) is 35.4 Å². The molecule has 0 saturated carbocycles. The number of aromatic amines is 2. The van der Waals surface area contributed by atoms with Crippen LogP contribution >= 0.6 is 0 Å². The molecule has 272 valence electrons. The molecular weight excluding hydrogens is 731 g/mol. The molecule has 8 bridgehead atoms. The summed E-state index contributed by atoms with van der Waals surface area (Å²) in [5, 5.41) is 1.29. The fourth-order valence-electron chi connectivity index (χ4n) is 7.18. The summed E-state index contributed by atoms with van der Waals surface area (Å²) in [4.78, 5) is 35.8. The first-order valence-corrected chi connectivity index (χ1v) is 17.2. The van der Waals surface area contributed by atoms with Crippen molar-refractivity contribution in [2.75, 3.05) is 0 Å². The maximum atomic E-state index is 14.2. The molecule has 0 atom stereocenters. The van der Waals surface area contributed by atoms with Gasteiger partial charge in [0.2, 0.25) is 0 Å². The number of nitrogens with one attached hydrogen (secondary N) is 2. The van der Waals surface area contributed by atoms with Crippen molar-refractivity contribution < 1.29 is 26.3 Å². The number of nitrogens with zero attached hydrogens (tertiary/aromatic N) is 6. The van der Waals surface area contributed by atoms with Gasteiger partial charge in [0.05, 0.1) is 11.1 Å². The molecule has 0 unspecified atom stereocenters. The lowest BCUT2D eigenvalue weighted by Gasteiger charge is -2.12. The highest BCUT2D eigenvalue weighted by Gasteiger charge is 2.33. The number of rotatable bonds is 2. The summed E-state index contributed by atoms with van der Waals surface area (Å²) in [6, 6.07) is 31.1. The minimum Gasteiger partial charge on any atom is -0.324 e. The Morgan fingerprint density at radius 1 is 0.357 bits per heavy atom. The van der Waals surface area contributed by atoms with Gasteiger partial charge in [-0.2, -0.15) is 26.3 Å². The van der Waals surface area contributed by atoms with E-state index in [1.54, 1.807) is 18.2 Å². The molecule has 8 nitrogen and oxygen atoms in total. The standard InChI is InChI=1S/C42H22F6N8/c43-41(44,45)23-11-7-9-21(19-23)31-32(22-10-8-12-24(20-22)42(46,47)48)40-55-38-30-18-6-4-16-28(30)36(53-38)51-34-26-14-2-1-13-25(26)33(49-34)50-35-27-15-3-5-17-29(27)37(52-35)54-39(31)56-40/h1-20H,(H2,49,50,51,52,53,54,55,56). The summed E-state index contributed by atoms with van der Waals surface area (Å²) in [5.41, 5.74) is 1.71. The molecule has 0 aliphatic carbocycles. The van der Waals surface area contributed by atoms with Crippen LogP contribution in [0.4, 0.5) is 26.3 Å². The van der Waals surface area contributed by atoms with Gasteiger partial charge in [0.1, 0.15) is 22.6 Å². The van der Waals surface area contributed by atoms with E-state index in [1.807, 2.05) is 54.6 Å². The smallest absolute Gasteiger partial charge is 0.324 e. The van der Waals surface area contributed by atoms with Gasteiger partial charge in [0.15, 0.2) is 23.3 Å². The molecule has 0 saturated heterocycles. The second-order valence-corrected chi connectivity index (χ2v) is 13.2. The van der Waals surface area contributed by atoms with Gasteiger partial charge < -0.3 is 9.97 Å². The number of fused-ring (bicyclic) bond motifs is 17. The van der Waals surface area contributed by atoms with Gasteiger partial charge in [-0.3, -0.25) is 0 Å². The number of halogens is 6. The fraction of sp³-hybridized carbons (Fsp3) is 0.0476. The SMILES string of the molecule is FC(F)(F)c1cccc(-c2c(-c3cccc(C(F)(F)F)c3)c3nc4[nH]c(nc5nc(nc6nc(nc2[nH]3)-c2ccccc2-6)-c2ccccc2-5)c2ccccc42)c1. The van der Waals surface area contributed by atoms with E-state index in [0.717, 1.165) is 35.4 Å². The zero-order chi connectivity index (χ0) is 38.3. The van der Waals surface area contributed by atoms with E-state index in [0.29, 0.717) is 39.2 Å². The molecule has 0 radical (unpaired) electrons. The van der Waals surface area contributed by atoms with Gasteiger partial charge in [-0.1, -0.05) is 97.1 Å². The quantitative estimate of drug-likeness (QED) is 0.170. The van der Waals surface area contributed by atoms with Crippen molar-refractivity contribution >= 4 is 33.4 Å². The van der Waals surface area contributed by atoms with Gasteiger partial charge in [0.25, 0.3) is 0 Å². The summed E-state index contributed by atoms with van der Waals surface area (Å²) in [5.74, 6) is 1.19. The van der Waals surface area contributed by atoms with Crippen molar-refractivity contribution in [2.45, 2.75) is 12.4 Å². The Hall–Kier alpha value is -7.22. The van der Waals surface area contributed by atoms with E-state index in [-0.39, 0.29) is 50.8 Å². The van der Waals surface area contributed by atoms with Gasteiger partial charge >= 0.3 is 12.4 Å². The Kier molecular flexibility index (Phi) is 7.24. The number of benzene rings is 5. The van der Waals surface area contributed by atoms with Crippen LogP contribution in [0.3, 0.4) is 0 Å². The molecule has 0 spiro atoms. The number of H-pyrrole nitrogens is 2. The van der Waals surface area contributed by atoms with Crippen LogP contribution in [0, 0.1) is 0 Å². The van der Waals surface area contributed by atoms with Crippen molar-refractivity contribution in [1.29, 1.82) is 0 Å². The van der Waals surface area contributed by atoms with E-state index in [4.69, 9.17) is 29.9 Å². The Morgan fingerprint density at radius 2 is 0.714 bits per heavy atom. The molecule has 5 aromatic carbocycles. The van der Waals surface area contributed by atoms with Crippen molar-refractivity contribution in [2.24, 2.45) is 0 Å². The second kappa shape index (κ2) is 12.1. The third kappa shape index (κ3) is 5.48. The average molecular weight is 753 g/mol. The Balaban J connectivity index is 1.42. The zero-order valence-corrected chi connectivity index (χ0v) is 28.5. The predicted molar refractivity (Wildman–Crippen MR) is 199 cm³/mol. The first-order chi connectivity index (χ1) is 27.0. The van der Waals surface area contributed by atoms with Crippen molar-refractivity contribution in [3.63, 3.8) is 0 Å². The largest absolute Gasteiger partial charge is 0.416 e. The summed E-state index contributed by atoms with van der Waals surface area (Å²) < 4.78 is 85.2. The number of hydrogen-bond donors (Lipinski definition) is 2. The summed E-state index contributed by atoms with van der Waals surface area (Å²) in [6.07, 6.45) is -9.44. The van der Waals surface area contributed by atoms with Crippen molar-refractivity contribution in [3.8, 4) is 67.8 Å². The topological polar surface area (TPSA) is 109 Å². The van der Waals surface area contributed by atoms with Gasteiger partial charge in [-0.25, -0.2) is 29.9 Å². The molecule has 3 aromatic heterocycles. The van der Waals surface area contributed by atoms with Crippen molar-refractivity contribution in [1.82, 2.24) is 39.9 Å². The van der Waals surface area contributed by atoms with Crippen LogP contribution in [0.1, 0.15) is 11.1 Å². The number of alkyl halides is 6. The van der Waals surface area contributed by atoms with E-state index in [2.05, 4.69) is 9.97 Å². The minimum atomic E-state index is -4.72. The maximum Gasteiger partial charge on any atom is 0.416 e. The van der Waals surface area contributed by atoms with Crippen molar-refractivity contribution in [3.05, 3.63) is 132 Å². The van der Waals surface area contributed by atoms with Crippen LogP contribution in [-0.2, 0) is 12.4 Å². The lowest BCUT2D eigenvalue weighted by Crippen LogP contribution is -2.05. The molecule has 2 aliphatic rings. The normalized spacial score (nSPS) is 12.5. The molecule has 56 heavy (non-hydrogen) atoms.